The van der Waals surface area contributed by atoms with Crippen LogP contribution in [0.15, 0.2) is 23.3 Å². The third-order valence-corrected chi connectivity index (χ3v) is 5.53. The van der Waals surface area contributed by atoms with Crippen molar-refractivity contribution in [2.24, 2.45) is 0 Å². The normalized spacial score (nSPS) is 11.1. The number of carbonyl (C=O) groups excluding carboxylic acids is 1. The van der Waals surface area contributed by atoms with Crippen molar-refractivity contribution in [2.45, 2.75) is 41.2 Å². The van der Waals surface area contributed by atoms with E-state index in [1.54, 1.807) is 0 Å². The molecular weight excluding hydrogens is 334 g/mol. The van der Waals surface area contributed by atoms with E-state index in [1.807, 2.05) is 46.8 Å². The van der Waals surface area contributed by atoms with E-state index < -0.39 is 0 Å². The highest BCUT2D eigenvalue weighted by atomic mass is 32.1. The van der Waals surface area contributed by atoms with Crippen LogP contribution in [-0.4, -0.2) is 15.5 Å². The van der Waals surface area contributed by atoms with Gasteiger partial charge < -0.3 is 5.32 Å². The van der Waals surface area contributed by atoms with Gasteiger partial charge in [0.1, 0.15) is 11.4 Å². The number of aryl methyl sites for hydroxylation is 5. The van der Waals surface area contributed by atoms with E-state index in [0.717, 1.165) is 37.6 Å². The predicted molar refractivity (Wildman–Crippen MR) is 103 cm³/mol. The summed E-state index contributed by atoms with van der Waals surface area (Å²) in [5.74, 6) is -0.233. The molecule has 2 heterocycles. The summed E-state index contributed by atoms with van der Waals surface area (Å²) in [5, 5.41) is 3.54. The van der Waals surface area contributed by atoms with Gasteiger partial charge in [-0.05, 0) is 51.3 Å². The summed E-state index contributed by atoms with van der Waals surface area (Å²) >= 11 is 1.50. The van der Waals surface area contributed by atoms with Crippen molar-refractivity contribution in [1.29, 1.82) is 0 Å². The van der Waals surface area contributed by atoms with Crippen LogP contribution >= 0.6 is 11.3 Å². The fourth-order valence-electron chi connectivity index (χ4n) is 3.09. The third kappa shape index (κ3) is 3.22. The summed E-state index contributed by atoms with van der Waals surface area (Å²) in [6.07, 6.45) is 1.45. The van der Waals surface area contributed by atoms with Crippen molar-refractivity contribution in [3.8, 4) is 0 Å². The molecule has 2 aromatic heterocycles. The molecule has 0 unspecified atom stereocenters. The Labute approximate surface area is 150 Å². The minimum atomic E-state index is -0.233. The molecule has 0 atom stereocenters. The number of fused-ring (bicyclic) bond motifs is 1. The molecule has 0 aliphatic carbocycles. The number of amides is 1. The Morgan fingerprint density at radius 2 is 1.80 bits per heavy atom. The third-order valence-electron chi connectivity index (χ3n) is 4.41. The molecule has 130 valence electrons. The SMILES string of the molecule is Cc1cc(C)c(NC(=O)Cn2cnc3sc(C)c(C)c3c2=O)c(C)c1. The second kappa shape index (κ2) is 6.44. The number of hydrogen-bond acceptors (Lipinski definition) is 4. The lowest BCUT2D eigenvalue weighted by molar-refractivity contribution is -0.116. The van der Waals surface area contributed by atoms with Crippen LogP contribution in [0.4, 0.5) is 5.69 Å². The Hall–Kier alpha value is -2.47. The summed E-state index contributed by atoms with van der Waals surface area (Å²) in [5.41, 5.74) is 4.76. The Bertz CT molecular complexity index is 1020. The number of nitrogens with one attached hydrogen (secondary N) is 1. The zero-order valence-corrected chi connectivity index (χ0v) is 15.9. The first-order chi connectivity index (χ1) is 11.8. The topological polar surface area (TPSA) is 64.0 Å². The highest BCUT2D eigenvalue weighted by Crippen LogP contribution is 2.25. The molecule has 25 heavy (non-hydrogen) atoms. The molecular formula is C19H21N3O2S. The van der Waals surface area contributed by atoms with Crippen LogP contribution in [0.5, 0.6) is 0 Å². The maximum Gasteiger partial charge on any atom is 0.262 e. The minimum Gasteiger partial charge on any atom is -0.324 e. The van der Waals surface area contributed by atoms with Gasteiger partial charge in [0, 0.05) is 10.6 Å². The molecule has 1 amide bonds. The van der Waals surface area contributed by atoms with Crippen LogP contribution in [0.2, 0.25) is 0 Å². The van der Waals surface area contributed by atoms with Gasteiger partial charge in [-0.1, -0.05) is 17.7 Å². The van der Waals surface area contributed by atoms with E-state index in [-0.39, 0.29) is 18.0 Å². The maximum atomic E-state index is 12.7. The zero-order chi connectivity index (χ0) is 18.3. The van der Waals surface area contributed by atoms with Gasteiger partial charge in [-0.3, -0.25) is 14.2 Å². The Kier molecular flexibility index (Phi) is 4.47. The molecule has 1 N–H and O–H groups in total. The van der Waals surface area contributed by atoms with Gasteiger partial charge in [-0.15, -0.1) is 11.3 Å². The van der Waals surface area contributed by atoms with Crippen molar-refractivity contribution in [3.63, 3.8) is 0 Å². The maximum absolute atomic E-state index is 12.7. The summed E-state index contributed by atoms with van der Waals surface area (Å²) in [4.78, 5) is 31.3. The van der Waals surface area contributed by atoms with Crippen LogP contribution in [0.1, 0.15) is 27.1 Å². The largest absolute Gasteiger partial charge is 0.324 e. The number of rotatable bonds is 3. The number of nitrogens with zero attached hydrogens (tertiary/aromatic N) is 2. The second-order valence-electron chi connectivity index (χ2n) is 6.46. The highest BCUT2D eigenvalue weighted by Gasteiger charge is 2.14. The molecule has 0 aliphatic rings. The van der Waals surface area contributed by atoms with Crippen molar-refractivity contribution in [3.05, 3.63) is 55.9 Å². The summed E-state index contributed by atoms with van der Waals surface area (Å²) in [6, 6.07) is 4.06. The molecule has 5 nitrogen and oxygen atoms in total. The molecule has 0 fully saturated rings. The van der Waals surface area contributed by atoms with Crippen molar-refractivity contribution < 1.29 is 4.79 Å². The van der Waals surface area contributed by atoms with Gasteiger partial charge in [0.2, 0.25) is 5.91 Å². The molecule has 6 heteroatoms. The molecule has 3 aromatic rings. The van der Waals surface area contributed by atoms with Crippen LogP contribution in [0.3, 0.4) is 0 Å². The van der Waals surface area contributed by atoms with Gasteiger partial charge in [0.15, 0.2) is 0 Å². The van der Waals surface area contributed by atoms with Gasteiger partial charge >= 0.3 is 0 Å². The van der Waals surface area contributed by atoms with Crippen molar-refractivity contribution in [2.75, 3.05) is 5.32 Å². The summed E-state index contributed by atoms with van der Waals surface area (Å²) in [6.45, 7) is 9.79. The monoisotopic (exact) mass is 355 g/mol. The van der Waals surface area contributed by atoms with E-state index in [0.29, 0.717) is 5.39 Å². The van der Waals surface area contributed by atoms with Crippen molar-refractivity contribution in [1.82, 2.24) is 9.55 Å². The van der Waals surface area contributed by atoms with E-state index in [4.69, 9.17) is 0 Å². The van der Waals surface area contributed by atoms with Crippen LogP contribution in [0.25, 0.3) is 10.2 Å². The first-order valence-corrected chi connectivity index (χ1v) is 8.92. The molecule has 0 saturated carbocycles. The first-order valence-electron chi connectivity index (χ1n) is 8.10. The van der Waals surface area contributed by atoms with Gasteiger partial charge in [-0.2, -0.15) is 0 Å². The number of carbonyl (C=O) groups is 1. The van der Waals surface area contributed by atoms with Crippen LogP contribution in [-0.2, 0) is 11.3 Å². The zero-order valence-electron chi connectivity index (χ0n) is 15.1. The standard InChI is InChI=1S/C19H21N3O2S/c1-10-6-11(2)17(12(3)7-10)21-15(23)8-22-9-20-18-16(19(22)24)13(4)14(5)25-18/h6-7,9H,8H2,1-5H3,(H,21,23). The molecule has 0 spiro atoms. The second-order valence-corrected chi connectivity index (χ2v) is 7.67. The number of hydrogen-bond donors (Lipinski definition) is 1. The van der Waals surface area contributed by atoms with Crippen molar-refractivity contribution >= 4 is 33.1 Å². The highest BCUT2D eigenvalue weighted by molar-refractivity contribution is 7.18. The van der Waals surface area contributed by atoms with Gasteiger partial charge in [0.05, 0.1) is 11.7 Å². The summed E-state index contributed by atoms with van der Waals surface area (Å²) in [7, 11) is 0. The lowest BCUT2D eigenvalue weighted by Gasteiger charge is -2.13. The van der Waals surface area contributed by atoms with E-state index >= 15 is 0 Å². The Balaban J connectivity index is 1.89. The fourth-order valence-corrected chi connectivity index (χ4v) is 4.08. The molecule has 3 rings (SSSR count). The average molecular weight is 355 g/mol. The lowest BCUT2D eigenvalue weighted by atomic mass is 10.1. The van der Waals surface area contributed by atoms with Gasteiger partial charge in [-0.25, -0.2) is 4.98 Å². The lowest BCUT2D eigenvalue weighted by Crippen LogP contribution is -2.28. The molecule has 0 radical (unpaired) electrons. The predicted octanol–water partition coefficient (Wildman–Crippen LogP) is 3.64. The fraction of sp³-hybridized carbons (Fsp3) is 0.316. The quantitative estimate of drug-likeness (QED) is 0.780. The van der Waals surface area contributed by atoms with Crippen LogP contribution in [0, 0.1) is 34.6 Å². The average Bonchev–Trinajstić information content (AvgIpc) is 2.81. The number of thiophene rings is 1. The number of anilines is 1. The van der Waals surface area contributed by atoms with E-state index in [1.165, 1.54) is 22.2 Å². The van der Waals surface area contributed by atoms with Crippen LogP contribution < -0.4 is 10.9 Å². The summed E-state index contributed by atoms with van der Waals surface area (Å²) < 4.78 is 1.37. The molecule has 1 aromatic carbocycles. The number of aromatic nitrogens is 2. The first kappa shape index (κ1) is 17.4. The smallest absolute Gasteiger partial charge is 0.262 e. The Morgan fingerprint density at radius 3 is 2.44 bits per heavy atom. The van der Waals surface area contributed by atoms with E-state index in [9.17, 15) is 9.59 Å². The molecule has 0 saturated heterocycles. The van der Waals surface area contributed by atoms with E-state index in [2.05, 4.69) is 10.3 Å². The molecule has 0 bridgehead atoms. The number of benzene rings is 1. The molecule has 0 aliphatic heterocycles. The Morgan fingerprint density at radius 1 is 1.16 bits per heavy atom. The minimum absolute atomic E-state index is 0.0527. The van der Waals surface area contributed by atoms with Gasteiger partial charge in [0.25, 0.3) is 5.56 Å².